The Balaban J connectivity index is 1.95. The summed E-state index contributed by atoms with van der Waals surface area (Å²) in [7, 11) is 1.51. The van der Waals surface area contributed by atoms with Crippen LogP contribution in [0, 0.1) is 17.0 Å². The lowest BCUT2D eigenvalue weighted by Gasteiger charge is -2.11. The summed E-state index contributed by atoms with van der Waals surface area (Å²) in [5.74, 6) is 0.0441. The minimum absolute atomic E-state index is 0.170. The summed E-state index contributed by atoms with van der Waals surface area (Å²) in [5.41, 5.74) is 1.76. The van der Waals surface area contributed by atoms with Crippen LogP contribution in [0.15, 0.2) is 55.1 Å². The molecular weight excluding hydrogens is 336 g/mol. The van der Waals surface area contributed by atoms with Gasteiger partial charge >= 0.3 is 0 Å². The monoisotopic (exact) mass is 352 g/mol. The van der Waals surface area contributed by atoms with Crippen molar-refractivity contribution in [2.45, 2.75) is 6.92 Å². The number of amides is 1. The van der Waals surface area contributed by atoms with E-state index < -0.39 is 10.8 Å². The Bertz CT molecular complexity index is 967. The van der Waals surface area contributed by atoms with Gasteiger partial charge in [-0.25, -0.2) is 4.98 Å². The number of hydrogen-bond acceptors (Lipinski definition) is 5. The molecule has 1 aromatic heterocycles. The average Bonchev–Trinajstić information content (AvgIpc) is 3.16. The number of methoxy groups -OCH3 is 1. The molecule has 0 atom stereocenters. The molecule has 8 heteroatoms. The average molecular weight is 352 g/mol. The van der Waals surface area contributed by atoms with Crippen molar-refractivity contribution < 1.29 is 14.5 Å². The third-order valence-electron chi connectivity index (χ3n) is 3.82. The van der Waals surface area contributed by atoms with E-state index in [0.29, 0.717) is 17.1 Å². The van der Waals surface area contributed by atoms with E-state index in [-0.39, 0.29) is 11.3 Å². The predicted octanol–water partition coefficient (Wildman–Crippen LogP) is 3.35. The van der Waals surface area contributed by atoms with E-state index in [1.165, 1.54) is 42.4 Å². The third-order valence-corrected chi connectivity index (χ3v) is 3.82. The highest BCUT2D eigenvalue weighted by atomic mass is 16.6. The van der Waals surface area contributed by atoms with Gasteiger partial charge in [0.1, 0.15) is 11.4 Å². The molecule has 26 heavy (non-hydrogen) atoms. The minimum Gasteiger partial charge on any atom is -0.495 e. The van der Waals surface area contributed by atoms with E-state index in [0.717, 1.165) is 5.56 Å². The highest BCUT2D eigenvalue weighted by molar-refractivity contribution is 6.05. The zero-order chi connectivity index (χ0) is 18.7. The lowest BCUT2D eigenvalue weighted by Crippen LogP contribution is -2.13. The standard InChI is InChI=1S/C18H16N4O4/c1-12-3-6-17(26-2)14(9-12)20-18(23)13-4-5-15(16(10-13)22(24)25)21-8-7-19-11-21/h3-11H,1-2H3,(H,20,23). The number of nitro groups is 1. The topological polar surface area (TPSA) is 99.3 Å². The molecule has 0 aliphatic heterocycles. The van der Waals surface area contributed by atoms with E-state index in [2.05, 4.69) is 10.3 Å². The predicted molar refractivity (Wildman–Crippen MR) is 95.9 cm³/mol. The van der Waals surface area contributed by atoms with Crippen molar-refractivity contribution in [3.05, 3.63) is 76.4 Å². The van der Waals surface area contributed by atoms with Crippen LogP contribution in [-0.2, 0) is 0 Å². The Hall–Kier alpha value is -3.68. The SMILES string of the molecule is COc1ccc(C)cc1NC(=O)c1ccc(-n2ccnc2)c([N+](=O)[O-])c1. The van der Waals surface area contributed by atoms with Gasteiger partial charge in [-0.15, -0.1) is 0 Å². The van der Waals surface area contributed by atoms with Crippen molar-refractivity contribution in [1.29, 1.82) is 0 Å². The molecule has 1 heterocycles. The Morgan fingerprint density at radius 3 is 2.73 bits per heavy atom. The number of nitrogens with zero attached hydrogens (tertiary/aromatic N) is 3. The first kappa shape index (κ1) is 17.2. The van der Waals surface area contributed by atoms with Crippen LogP contribution >= 0.6 is 0 Å². The van der Waals surface area contributed by atoms with Gasteiger partial charge in [0, 0.05) is 24.0 Å². The van der Waals surface area contributed by atoms with Crippen LogP contribution < -0.4 is 10.1 Å². The number of hydrogen-bond donors (Lipinski definition) is 1. The molecule has 0 radical (unpaired) electrons. The maximum absolute atomic E-state index is 12.6. The van der Waals surface area contributed by atoms with Gasteiger partial charge in [-0.2, -0.15) is 0 Å². The smallest absolute Gasteiger partial charge is 0.294 e. The first-order chi connectivity index (χ1) is 12.5. The summed E-state index contributed by atoms with van der Waals surface area (Å²) in [6.07, 6.45) is 4.58. The number of carbonyl (C=O) groups is 1. The molecule has 0 fully saturated rings. The van der Waals surface area contributed by atoms with Crippen LogP contribution in [0.4, 0.5) is 11.4 Å². The summed E-state index contributed by atoms with van der Waals surface area (Å²) >= 11 is 0. The Labute approximate surface area is 149 Å². The molecule has 3 rings (SSSR count). The fourth-order valence-corrected chi connectivity index (χ4v) is 2.54. The van der Waals surface area contributed by atoms with E-state index in [9.17, 15) is 14.9 Å². The molecule has 0 aliphatic carbocycles. The summed E-state index contributed by atoms with van der Waals surface area (Å²) in [5, 5.41) is 14.1. The zero-order valence-corrected chi connectivity index (χ0v) is 14.2. The van der Waals surface area contributed by atoms with Crippen LogP contribution in [0.25, 0.3) is 5.69 Å². The maximum Gasteiger partial charge on any atom is 0.294 e. The number of aryl methyl sites for hydroxylation is 1. The second kappa shape index (κ2) is 7.06. The van der Waals surface area contributed by atoms with Gasteiger partial charge in [0.15, 0.2) is 0 Å². The number of ether oxygens (including phenoxy) is 1. The number of nitro benzene ring substituents is 1. The van der Waals surface area contributed by atoms with Gasteiger partial charge in [0.25, 0.3) is 11.6 Å². The molecule has 0 bridgehead atoms. The molecule has 1 N–H and O–H groups in total. The molecule has 0 saturated carbocycles. The fourth-order valence-electron chi connectivity index (χ4n) is 2.54. The third kappa shape index (κ3) is 3.39. The van der Waals surface area contributed by atoms with Gasteiger partial charge in [0.2, 0.25) is 0 Å². The number of anilines is 1. The van der Waals surface area contributed by atoms with Crippen LogP contribution in [0.2, 0.25) is 0 Å². The maximum atomic E-state index is 12.6. The quantitative estimate of drug-likeness (QED) is 0.561. The van der Waals surface area contributed by atoms with Gasteiger partial charge in [-0.1, -0.05) is 6.07 Å². The molecule has 0 aliphatic rings. The molecular formula is C18H16N4O4. The highest BCUT2D eigenvalue weighted by Crippen LogP contribution is 2.28. The lowest BCUT2D eigenvalue weighted by atomic mass is 10.1. The van der Waals surface area contributed by atoms with Crippen LogP contribution in [-0.4, -0.2) is 27.5 Å². The van der Waals surface area contributed by atoms with Crippen molar-refractivity contribution in [1.82, 2.24) is 9.55 Å². The zero-order valence-electron chi connectivity index (χ0n) is 14.2. The van der Waals surface area contributed by atoms with Crippen molar-refractivity contribution >= 4 is 17.3 Å². The van der Waals surface area contributed by atoms with Crippen molar-refractivity contribution in [3.63, 3.8) is 0 Å². The largest absolute Gasteiger partial charge is 0.495 e. The normalized spacial score (nSPS) is 10.4. The Morgan fingerprint density at radius 1 is 1.27 bits per heavy atom. The molecule has 1 amide bonds. The number of carbonyl (C=O) groups excluding carboxylic acids is 1. The summed E-state index contributed by atoms with van der Waals surface area (Å²) in [6.45, 7) is 1.89. The summed E-state index contributed by atoms with van der Waals surface area (Å²) in [4.78, 5) is 27.3. The number of imidazole rings is 1. The van der Waals surface area contributed by atoms with Crippen molar-refractivity contribution in [3.8, 4) is 11.4 Å². The van der Waals surface area contributed by atoms with Gasteiger partial charge in [0.05, 0.1) is 24.0 Å². The molecule has 0 saturated heterocycles. The number of rotatable bonds is 5. The molecule has 0 spiro atoms. The highest BCUT2D eigenvalue weighted by Gasteiger charge is 2.19. The van der Waals surface area contributed by atoms with Crippen LogP contribution in [0.3, 0.4) is 0 Å². The van der Waals surface area contributed by atoms with Crippen molar-refractivity contribution in [2.24, 2.45) is 0 Å². The lowest BCUT2D eigenvalue weighted by molar-refractivity contribution is -0.384. The molecule has 132 valence electrons. The second-order valence-corrected chi connectivity index (χ2v) is 5.59. The molecule has 2 aromatic carbocycles. The Kier molecular flexibility index (Phi) is 4.66. The molecule has 8 nitrogen and oxygen atoms in total. The second-order valence-electron chi connectivity index (χ2n) is 5.59. The van der Waals surface area contributed by atoms with Crippen molar-refractivity contribution in [2.75, 3.05) is 12.4 Å². The van der Waals surface area contributed by atoms with Crippen LogP contribution in [0.5, 0.6) is 5.75 Å². The summed E-state index contributed by atoms with van der Waals surface area (Å²) in [6, 6.07) is 9.66. The minimum atomic E-state index is -0.528. The van der Waals surface area contributed by atoms with E-state index >= 15 is 0 Å². The van der Waals surface area contributed by atoms with Gasteiger partial charge in [-0.3, -0.25) is 14.9 Å². The van der Waals surface area contributed by atoms with E-state index in [1.54, 1.807) is 18.3 Å². The first-order valence-corrected chi connectivity index (χ1v) is 7.72. The number of aromatic nitrogens is 2. The van der Waals surface area contributed by atoms with Gasteiger partial charge < -0.3 is 14.6 Å². The molecule has 0 unspecified atom stereocenters. The van der Waals surface area contributed by atoms with Crippen LogP contribution in [0.1, 0.15) is 15.9 Å². The van der Waals surface area contributed by atoms with E-state index in [1.807, 2.05) is 13.0 Å². The fraction of sp³-hybridized carbons (Fsp3) is 0.111. The Morgan fingerprint density at radius 2 is 2.08 bits per heavy atom. The number of benzene rings is 2. The van der Waals surface area contributed by atoms with E-state index in [4.69, 9.17) is 4.74 Å². The first-order valence-electron chi connectivity index (χ1n) is 7.72. The number of nitrogens with one attached hydrogen (secondary N) is 1. The molecule has 3 aromatic rings. The van der Waals surface area contributed by atoms with Gasteiger partial charge in [-0.05, 0) is 36.8 Å². The summed E-state index contributed by atoms with van der Waals surface area (Å²) < 4.78 is 6.75.